The highest BCUT2D eigenvalue weighted by Gasteiger charge is 2.35. The summed E-state index contributed by atoms with van der Waals surface area (Å²) in [5.41, 5.74) is 1.61. The second-order valence-corrected chi connectivity index (χ2v) is 10.1. The number of anilines is 3. The quantitative estimate of drug-likeness (QED) is 0.693. The standard InChI is InChI=1S/C22H26FN3O5S/c1-13(2)9-21(27)26-14(3)12-25(22(28)29)20-11-16(6-8-19(20)26)15-5-7-18(17(23)10-15)24-32(4,30)31/h5-8,10-11,13-14,24H,9,12H2,1-4H3,(H,28,29)/t14-/m0/s1. The second kappa shape index (κ2) is 8.78. The average Bonchev–Trinajstić information content (AvgIpc) is 2.66. The fraction of sp³-hybridized carbons (Fsp3) is 0.364. The molecule has 1 atom stereocenters. The average molecular weight is 464 g/mol. The van der Waals surface area contributed by atoms with Crippen LogP contribution >= 0.6 is 0 Å². The zero-order chi connectivity index (χ0) is 23.8. The highest BCUT2D eigenvalue weighted by Crippen LogP contribution is 2.39. The Hall–Kier alpha value is -3.14. The molecule has 2 aromatic rings. The number of carbonyl (C=O) groups excluding carboxylic acids is 1. The lowest BCUT2D eigenvalue weighted by Crippen LogP contribution is -2.51. The first-order chi connectivity index (χ1) is 14.9. The number of nitrogens with one attached hydrogen (secondary N) is 1. The maximum atomic E-state index is 14.5. The Morgan fingerprint density at radius 2 is 1.78 bits per heavy atom. The summed E-state index contributed by atoms with van der Waals surface area (Å²) in [5, 5.41) is 9.72. The number of benzene rings is 2. The predicted molar refractivity (Wildman–Crippen MR) is 122 cm³/mol. The molecule has 0 saturated heterocycles. The van der Waals surface area contributed by atoms with E-state index in [1.54, 1.807) is 30.0 Å². The van der Waals surface area contributed by atoms with Gasteiger partial charge >= 0.3 is 6.09 Å². The number of nitrogens with zero attached hydrogens (tertiary/aromatic N) is 2. The van der Waals surface area contributed by atoms with Crippen molar-refractivity contribution in [2.45, 2.75) is 33.2 Å². The monoisotopic (exact) mass is 463 g/mol. The van der Waals surface area contributed by atoms with Gasteiger partial charge in [-0.25, -0.2) is 17.6 Å². The van der Waals surface area contributed by atoms with E-state index >= 15 is 0 Å². The van der Waals surface area contributed by atoms with Crippen LogP contribution in [0.1, 0.15) is 27.2 Å². The molecule has 32 heavy (non-hydrogen) atoms. The number of hydrogen-bond acceptors (Lipinski definition) is 4. The summed E-state index contributed by atoms with van der Waals surface area (Å²) in [6.07, 6.45) is 0.112. The molecule has 2 aromatic carbocycles. The minimum atomic E-state index is -3.63. The van der Waals surface area contributed by atoms with E-state index in [0.29, 0.717) is 28.9 Å². The predicted octanol–water partition coefficient (Wildman–Crippen LogP) is 4.13. The Morgan fingerprint density at radius 3 is 2.34 bits per heavy atom. The molecule has 2 amide bonds. The Balaban J connectivity index is 2.05. The number of hydrogen-bond donors (Lipinski definition) is 2. The molecule has 0 fully saturated rings. The lowest BCUT2D eigenvalue weighted by molar-refractivity contribution is -0.119. The number of amides is 2. The molecule has 0 aliphatic carbocycles. The zero-order valence-corrected chi connectivity index (χ0v) is 19.1. The van der Waals surface area contributed by atoms with Crippen LogP contribution in [0.25, 0.3) is 11.1 Å². The van der Waals surface area contributed by atoms with E-state index < -0.39 is 21.9 Å². The Morgan fingerprint density at radius 1 is 1.16 bits per heavy atom. The van der Waals surface area contributed by atoms with Crippen LogP contribution in [0.2, 0.25) is 0 Å². The fourth-order valence-electron chi connectivity index (χ4n) is 3.79. The third-order valence-corrected chi connectivity index (χ3v) is 5.68. The molecule has 0 saturated carbocycles. The van der Waals surface area contributed by atoms with Gasteiger partial charge in [-0.1, -0.05) is 26.0 Å². The van der Waals surface area contributed by atoms with E-state index in [9.17, 15) is 27.5 Å². The molecule has 0 radical (unpaired) electrons. The third kappa shape index (κ3) is 5.01. The van der Waals surface area contributed by atoms with Crippen molar-refractivity contribution < 1.29 is 27.5 Å². The van der Waals surface area contributed by atoms with Gasteiger partial charge in [-0.05, 0) is 48.2 Å². The molecule has 3 rings (SSSR count). The third-order valence-electron chi connectivity index (χ3n) is 5.09. The number of carboxylic acid groups (broad SMARTS) is 1. The van der Waals surface area contributed by atoms with Crippen LogP contribution in [0, 0.1) is 11.7 Å². The normalized spacial score (nSPS) is 16.1. The lowest BCUT2D eigenvalue weighted by Gasteiger charge is -2.40. The van der Waals surface area contributed by atoms with E-state index in [1.807, 2.05) is 13.8 Å². The zero-order valence-electron chi connectivity index (χ0n) is 18.3. The largest absolute Gasteiger partial charge is 0.465 e. The number of fused-ring (bicyclic) bond motifs is 1. The summed E-state index contributed by atoms with van der Waals surface area (Å²) in [4.78, 5) is 27.6. The molecule has 0 spiro atoms. The smallest absolute Gasteiger partial charge is 0.411 e. The summed E-state index contributed by atoms with van der Waals surface area (Å²) < 4.78 is 39.3. The van der Waals surface area contributed by atoms with Crippen LogP contribution in [-0.2, 0) is 14.8 Å². The van der Waals surface area contributed by atoms with Crippen LogP contribution in [0.15, 0.2) is 36.4 Å². The van der Waals surface area contributed by atoms with Crippen molar-refractivity contribution in [2.24, 2.45) is 5.92 Å². The maximum absolute atomic E-state index is 14.5. The molecule has 2 N–H and O–H groups in total. The minimum Gasteiger partial charge on any atom is -0.465 e. The van der Waals surface area contributed by atoms with Crippen molar-refractivity contribution >= 4 is 39.1 Å². The summed E-state index contributed by atoms with van der Waals surface area (Å²) in [7, 11) is -3.63. The number of rotatable bonds is 5. The Bertz CT molecular complexity index is 1170. The van der Waals surface area contributed by atoms with Gasteiger partial charge in [0.25, 0.3) is 0 Å². The van der Waals surface area contributed by atoms with Crippen LogP contribution in [-0.4, -0.2) is 44.4 Å². The first-order valence-electron chi connectivity index (χ1n) is 10.1. The number of sulfonamides is 1. The molecule has 1 aliphatic heterocycles. The first kappa shape index (κ1) is 23.5. The topological polar surface area (TPSA) is 107 Å². The maximum Gasteiger partial charge on any atom is 0.411 e. The SMILES string of the molecule is CC(C)CC(=O)N1c2ccc(-c3ccc(NS(C)(=O)=O)c(F)c3)cc2N(C(=O)O)C[C@@H]1C. The fourth-order valence-corrected chi connectivity index (χ4v) is 4.36. The Labute approximate surface area is 186 Å². The first-order valence-corrected chi connectivity index (χ1v) is 12.0. The van der Waals surface area contributed by atoms with Gasteiger partial charge in [0.05, 0.1) is 29.4 Å². The number of halogens is 1. The van der Waals surface area contributed by atoms with Gasteiger partial charge in [-0.15, -0.1) is 0 Å². The van der Waals surface area contributed by atoms with E-state index in [4.69, 9.17) is 0 Å². The molecule has 0 bridgehead atoms. The molecule has 8 nitrogen and oxygen atoms in total. The highest BCUT2D eigenvalue weighted by molar-refractivity contribution is 7.92. The van der Waals surface area contributed by atoms with Crippen molar-refractivity contribution in [3.05, 3.63) is 42.2 Å². The molecular formula is C22H26FN3O5S. The van der Waals surface area contributed by atoms with Gasteiger partial charge < -0.3 is 10.0 Å². The van der Waals surface area contributed by atoms with Crippen molar-refractivity contribution in [2.75, 3.05) is 27.3 Å². The van der Waals surface area contributed by atoms with Gasteiger partial charge in [0, 0.05) is 13.0 Å². The minimum absolute atomic E-state index is 0.0891. The summed E-state index contributed by atoms with van der Waals surface area (Å²) in [5.74, 6) is -0.700. The van der Waals surface area contributed by atoms with Crippen molar-refractivity contribution in [1.82, 2.24) is 0 Å². The van der Waals surface area contributed by atoms with E-state index in [0.717, 1.165) is 6.26 Å². The number of carbonyl (C=O) groups is 2. The lowest BCUT2D eigenvalue weighted by atomic mass is 9.99. The summed E-state index contributed by atoms with van der Waals surface area (Å²) >= 11 is 0. The van der Waals surface area contributed by atoms with Gasteiger partial charge in [0.1, 0.15) is 5.82 Å². The molecule has 1 aliphatic rings. The molecule has 1 heterocycles. The molecule has 0 aromatic heterocycles. The van der Waals surface area contributed by atoms with Crippen LogP contribution in [0.3, 0.4) is 0 Å². The summed E-state index contributed by atoms with van der Waals surface area (Å²) in [6, 6.07) is 8.63. The van der Waals surface area contributed by atoms with Gasteiger partial charge in [-0.3, -0.25) is 14.4 Å². The Kier molecular flexibility index (Phi) is 6.45. The molecule has 10 heteroatoms. The van der Waals surface area contributed by atoms with Gasteiger partial charge in [0.2, 0.25) is 15.9 Å². The van der Waals surface area contributed by atoms with E-state index in [-0.39, 0.29) is 30.1 Å². The molecular weight excluding hydrogens is 437 g/mol. The van der Waals surface area contributed by atoms with Crippen LogP contribution < -0.4 is 14.5 Å². The summed E-state index contributed by atoms with van der Waals surface area (Å²) in [6.45, 7) is 5.79. The van der Waals surface area contributed by atoms with Crippen molar-refractivity contribution in [3.63, 3.8) is 0 Å². The molecule has 172 valence electrons. The van der Waals surface area contributed by atoms with E-state index in [2.05, 4.69) is 4.72 Å². The van der Waals surface area contributed by atoms with Gasteiger partial charge in [0.15, 0.2) is 0 Å². The van der Waals surface area contributed by atoms with Gasteiger partial charge in [-0.2, -0.15) is 0 Å². The van der Waals surface area contributed by atoms with Crippen molar-refractivity contribution in [1.29, 1.82) is 0 Å². The van der Waals surface area contributed by atoms with E-state index in [1.165, 1.54) is 23.1 Å². The van der Waals surface area contributed by atoms with Crippen molar-refractivity contribution in [3.8, 4) is 11.1 Å². The van der Waals surface area contributed by atoms with Crippen LogP contribution in [0.5, 0.6) is 0 Å². The molecule has 0 unspecified atom stereocenters. The highest BCUT2D eigenvalue weighted by atomic mass is 32.2. The second-order valence-electron chi connectivity index (χ2n) is 8.38. The van der Waals surface area contributed by atoms with Crippen LogP contribution in [0.4, 0.5) is 26.2 Å².